The molecule has 1 aromatic carbocycles. The van der Waals surface area contributed by atoms with E-state index in [1.54, 1.807) is 0 Å². The van der Waals surface area contributed by atoms with Crippen molar-refractivity contribution in [3.63, 3.8) is 0 Å². The molecule has 5 nitrogen and oxygen atoms in total. The highest BCUT2D eigenvalue weighted by Crippen LogP contribution is 2.37. The monoisotopic (exact) mass is 343 g/mol. The van der Waals surface area contributed by atoms with Gasteiger partial charge in [0.05, 0.1) is 22.6 Å². The second-order valence-corrected chi connectivity index (χ2v) is 8.69. The van der Waals surface area contributed by atoms with Gasteiger partial charge in [0.25, 0.3) is 0 Å². The third-order valence-corrected chi connectivity index (χ3v) is 6.33. The number of piperazine rings is 1. The van der Waals surface area contributed by atoms with Gasteiger partial charge >= 0.3 is 7.12 Å². The number of fused-ring (bicyclic) bond motifs is 3. The Morgan fingerprint density at radius 1 is 1.12 bits per heavy atom. The fraction of sp³-hybridized carbons (Fsp3) is 0.684. The molecule has 6 heteroatoms. The van der Waals surface area contributed by atoms with Crippen LogP contribution in [0, 0.1) is 0 Å². The highest BCUT2D eigenvalue weighted by atomic mass is 16.7. The number of nitrogens with one attached hydrogen (secondary N) is 1. The number of hydrogen-bond donors (Lipinski definition) is 1. The van der Waals surface area contributed by atoms with Crippen molar-refractivity contribution >= 4 is 24.0 Å². The van der Waals surface area contributed by atoms with E-state index < -0.39 is 0 Å². The summed E-state index contributed by atoms with van der Waals surface area (Å²) in [5.74, 6) is 0. The van der Waals surface area contributed by atoms with E-state index in [9.17, 15) is 0 Å². The molecule has 136 valence electrons. The third kappa shape index (κ3) is 2.94. The topological polar surface area (TPSA) is 37.0 Å². The average Bonchev–Trinajstić information content (AvgIpc) is 2.68. The largest absolute Gasteiger partial charge is 0.494 e. The summed E-state index contributed by atoms with van der Waals surface area (Å²) >= 11 is 0. The van der Waals surface area contributed by atoms with Gasteiger partial charge < -0.3 is 24.4 Å². The van der Waals surface area contributed by atoms with Crippen molar-refractivity contribution < 1.29 is 9.31 Å². The van der Waals surface area contributed by atoms with E-state index in [1.807, 2.05) is 0 Å². The molecule has 1 unspecified atom stereocenters. The van der Waals surface area contributed by atoms with Gasteiger partial charge in [-0.25, -0.2) is 0 Å². The van der Waals surface area contributed by atoms with Crippen LogP contribution in [0.15, 0.2) is 18.2 Å². The molecule has 3 heterocycles. The molecule has 1 N–H and O–H groups in total. The van der Waals surface area contributed by atoms with Crippen LogP contribution in [0.25, 0.3) is 0 Å². The lowest BCUT2D eigenvalue weighted by Gasteiger charge is -2.40. The van der Waals surface area contributed by atoms with Gasteiger partial charge in [-0.2, -0.15) is 0 Å². The second-order valence-electron chi connectivity index (χ2n) is 8.69. The summed E-state index contributed by atoms with van der Waals surface area (Å²) in [6, 6.07) is 7.23. The van der Waals surface area contributed by atoms with Gasteiger partial charge in [-0.3, -0.25) is 0 Å². The van der Waals surface area contributed by atoms with Gasteiger partial charge in [0.1, 0.15) is 0 Å². The zero-order chi connectivity index (χ0) is 17.8. The van der Waals surface area contributed by atoms with E-state index in [1.165, 1.54) is 17.8 Å². The molecule has 0 saturated carbocycles. The smallest absolute Gasteiger partial charge is 0.399 e. The first-order chi connectivity index (χ1) is 11.8. The number of rotatable bonds is 1. The quantitative estimate of drug-likeness (QED) is 0.789. The first-order valence-electron chi connectivity index (χ1n) is 9.45. The summed E-state index contributed by atoms with van der Waals surface area (Å²) in [5, 5.41) is 3.63. The van der Waals surface area contributed by atoms with E-state index in [4.69, 9.17) is 9.31 Å². The summed E-state index contributed by atoms with van der Waals surface area (Å²) in [5.41, 5.74) is 3.01. The molecule has 2 saturated heterocycles. The number of anilines is 2. The van der Waals surface area contributed by atoms with E-state index in [0.717, 1.165) is 31.6 Å². The highest BCUT2D eigenvalue weighted by Gasteiger charge is 2.51. The Hall–Kier alpha value is -1.24. The number of nitrogens with zero attached hydrogens (tertiary/aromatic N) is 2. The van der Waals surface area contributed by atoms with Crippen LogP contribution >= 0.6 is 0 Å². The minimum absolute atomic E-state index is 0.302. The Morgan fingerprint density at radius 2 is 1.84 bits per heavy atom. The van der Waals surface area contributed by atoms with Gasteiger partial charge in [0, 0.05) is 32.2 Å². The summed E-state index contributed by atoms with van der Waals surface area (Å²) in [4.78, 5) is 5.01. The SMILES string of the molecule is CN1CCN2c3ccc(B4OC(C)(C)C(C)(C)O4)cc3NCCC2C1. The van der Waals surface area contributed by atoms with Gasteiger partial charge in [0.2, 0.25) is 0 Å². The minimum atomic E-state index is -0.305. The second kappa shape index (κ2) is 5.90. The van der Waals surface area contributed by atoms with Crippen LogP contribution in [-0.2, 0) is 9.31 Å². The van der Waals surface area contributed by atoms with Gasteiger partial charge in [0.15, 0.2) is 0 Å². The lowest BCUT2D eigenvalue weighted by Crippen LogP contribution is -2.51. The maximum Gasteiger partial charge on any atom is 0.494 e. The Morgan fingerprint density at radius 3 is 2.56 bits per heavy atom. The number of benzene rings is 1. The Bertz CT molecular complexity index is 648. The van der Waals surface area contributed by atoms with Gasteiger partial charge in [-0.1, -0.05) is 6.07 Å². The van der Waals surface area contributed by atoms with Crippen LogP contribution in [0.2, 0.25) is 0 Å². The molecule has 4 rings (SSSR count). The van der Waals surface area contributed by atoms with Crippen LogP contribution < -0.4 is 15.7 Å². The molecule has 0 bridgehead atoms. The van der Waals surface area contributed by atoms with Crippen molar-refractivity contribution in [2.45, 2.75) is 51.4 Å². The fourth-order valence-electron chi connectivity index (χ4n) is 4.02. The first kappa shape index (κ1) is 17.2. The molecule has 0 spiro atoms. The maximum atomic E-state index is 6.22. The molecule has 3 aliphatic rings. The highest BCUT2D eigenvalue weighted by molar-refractivity contribution is 6.62. The van der Waals surface area contributed by atoms with Crippen molar-refractivity contribution in [2.75, 3.05) is 43.4 Å². The number of likely N-dealkylation sites (N-methyl/N-ethyl adjacent to an activating group) is 1. The molecular formula is C19H30BN3O2. The average molecular weight is 343 g/mol. The summed E-state index contributed by atoms with van der Waals surface area (Å²) < 4.78 is 12.4. The summed E-state index contributed by atoms with van der Waals surface area (Å²) in [6.45, 7) is 12.8. The summed E-state index contributed by atoms with van der Waals surface area (Å²) in [6.07, 6.45) is 1.17. The molecule has 1 aromatic rings. The molecular weight excluding hydrogens is 313 g/mol. The van der Waals surface area contributed by atoms with Crippen LogP contribution in [0.3, 0.4) is 0 Å². The Labute approximate surface area is 151 Å². The fourth-order valence-corrected chi connectivity index (χ4v) is 4.02. The predicted molar refractivity (Wildman–Crippen MR) is 104 cm³/mol. The van der Waals surface area contributed by atoms with Gasteiger partial charge in [-0.05, 0) is 58.8 Å². The van der Waals surface area contributed by atoms with Crippen molar-refractivity contribution in [1.29, 1.82) is 0 Å². The molecule has 1 atom stereocenters. The zero-order valence-electron chi connectivity index (χ0n) is 16.1. The molecule has 3 aliphatic heterocycles. The van der Waals surface area contributed by atoms with E-state index in [-0.39, 0.29) is 18.3 Å². The molecule has 2 fully saturated rings. The normalized spacial score (nSPS) is 28.1. The standard InChI is InChI=1S/C19H30BN3O2/c1-18(2)19(3,4)25-20(24-18)14-6-7-17-16(12-14)21-9-8-15-13-22(5)10-11-23(15)17/h6-7,12,15,21H,8-11,13H2,1-5H3. The molecule has 0 aromatic heterocycles. The zero-order valence-corrected chi connectivity index (χ0v) is 16.1. The predicted octanol–water partition coefficient (Wildman–Crippen LogP) is 1.92. The van der Waals surface area contributed by atoms with Crippen molar-refractivity contribution in [3.8, 4) is 0 Å². The van der Waals surface area contributed by atoms with Crippen LogP contribution in [0.5, 0.6) is 0 Å². The first-order valence-corrected chi connectivity index (χ1v) is 9.45. The molecule has 25 heavy (non-hydrogen) atoms. The Balaban J connectivity index is 1.62. The van der Waals surface area contributed by atoms with Gasteiger partial charge in [-0.15, -0.1) is 0 Å². The maximum absolute atomic E-state index is 6.22. The van der Waals surface area contributed by atoms with E-state index in [0.29, 0.717) is 6.04 Å². The molecule has 0 aliphatic carbocycles. The molecule has 0 radical (unpaired) electrons. The Kier molecular flexibility index (Phi) is 4.06. The lowest BCUT2D eigenvalue weighted by atomic mass is 9.78. The van der Waals surface area contributed by atoms with Crippen molar-refractivity contribution in [1.82, 2.24) is 4.90 Å². The number of hydrogen-bond acceptors (Lipinski definition) is 5. The minimum Gasteiger partial charge on any atom is -0.399 e. The van der Waals surface area contributed by atoms with Crippen LogP contribution in [0.4, 0.5) is 11.4 Å². The van der Waals surface area contributed by atoms with E-state index >= 15 is 0 Å². The van der Waals surface area contributed by atoms with Crippen LogP contribution in [0.1, 0.15) is 34.1 Å². The molecule has 0 amide bonds. The van der Waals surface area contributed by atoms with Crippen molar-refractivity contribution in [2.24, 2.45) is 0 Å². The van der Waals surface area contributed by atoms with E-state index in [2.05, 4.69) is 68.1 Å². The van der Waals surface area contributed by atoms with Crippen LogP contribution in [-0.4, -0.2) is 62.5 Å². The lowest BCUT2D eigenvalue weighted by molar-refractivity contribution is 0.00578. The summed E-state index contributed by atoms with van der Waals surface area (Å²) in [7, 11) is 1.92. The third-order valence-electron chi connectivity index (χ3n) is 6.33. The van der Waals surface area contributed by atoms with Crippen molar-refractivity contribution in [3.05, 3.63) is 18.2 Å².